The molecule has 1 aliphatic carbocycles. The number of aliphatic imine (C=N–C) groups is 1. The van der Waals surface area contributed by atoms with E-state index < -0.39 is 53.9 Å². The number of nitrogens with one attached hydrogen (secondary N) is 1. The molecule has 6 rings (SSSR count). The maximum atomic E-state index is 14.9. The third kappa shape index (κ3) is 7.18. The largest absolute Gasteiger partial charge is 0.447 e. The van der Waals surface area contributed by atoms with Crippen LogP contribution in [0.2, 0.25) is 5.02 Å². The molecule has 0 spiro atoms. The van der Waals surface area contributed by atoms with E-state index in [0.29, 0.717) is 43.2 Å². The van der Waals surface area contributed by atoms with Gasteiger partial charge in [-0.1, -0.05) is 68.8 Å². The molecule has 10 nitrogen and oxygen atoms in total. The maximum Gasteiger partial charge on any atom is 0.411 e. The molecule has 1 fully saturated rings. The number of nitrogens with zero attached hydrogens (tertiary/aromatic N) is 5. The van der Waals surface area contributed by atoms with Gasteiger partial charge < -0.3 is 15.8 Å². The monoisotopic (exact) mass is 743 g/mol. The first-order chi connectivity index (χ1) is 24.4. The lowest BCUT2D eigenvalue weighted by Crippen LogP contribution is -2.50. The summed E-state index contributed by atoms with van der Waals surface area (Å²) >= 11 is 6.56. The fourth-order valence-corrected chi connectivity index (χ4v) is 6.60. The number of guanidine groups is 1. The van der Waals surface area contributed by atoms with Crippen LogP contribution in [0.3, 0.4) is 0 Å². The minimum Gasteiger partial charge on any atom is -0.447 e. The highest BCUT2D eigenvalue weighted by atomic mass is 35.5. The lowest BCUT2D eigenvalue weighted by molar-refractivity contribution is -0.164. The molecule has 0 saturated heterocycles. The van der Waals surface area contributed by atoms with Crippen molar-refractivity contribution in [2.24, 2.45) is 16.1 Å². The Morgan fingerprint density at radius 1 is 1.06 bits per heavy atom. The van der Waals surface area contributed by atoms with Gasteiger partial charge in [0.1, 0.15) is 12.1 Å². The number of aromatic nitrogens is 3. The zero-order chi connectivity index (χ0) is 37.6. The quantitative estimate of drug-likeness (QED) is 0.159. The molecule has 16 heteroatoms. The Kier molecular flexibility index (Phi) is 9.53. The molecule has 2 amide bonds. The van der Waals surface area contributed by atoms with Crippen molar-refractivity contribution < 1.29 is 36.3 Å². The molecule has 2 atom stereocenters. The SMILES string of the molecule is CC(C)(C)C[C@]1(c2ccc(-c3cnn(C(F)F)c3)cc2)N=C(N)N([C@H](COC(=O)NC2(C(F)(F)F)CC2)c2ccc(Cl)c(-c3ccccn3)c2)C1=O. The van der Waals surface area contributed by atoms with E-state index in [4.69, 9.17) is 27.1 Å². The number of benzene rings is 2. The number of carbonyl (C=O) groups excluding carboxylic acids is 2. The van der Waals surface area contributed by atoms with Gasteiger partial charge in [-0.3, -0.25) is 14.7 Å². The van der Waals surface area contributed by atoms with E-state index in [9.17, 15) is 31.5 Å². The molecule has 1 aliphatic heterocycles. The first-order valence-corrected chi connectivity index (χ1v) is 16.7. The van der Waals surface area contributed by atoms with Crippen LogP contribution in [0, 0.1) is 5.41 Å². The van der Waals surface area contributed by atoms with Crippen LogP contribution in [0.1, 0.15) is 63.8 Å². The summed E-state index contributed by atoms with van der Waals surface area (Å²) in [5.74, 6) is -0.788. The lowest BCUT2D eigenvalue weighted by atomic mass is 9.75. The van der Waals surface area contributed by atoms with Gasteiger partial charge in [0.2, 0.25) is 0 Å². The van der Waals surface area contributed by atoms with Crippen molar-refractivity contribution in [2.75, 3.05) is 6.61 Å². The highest BCUT2D eigenvalue weighted by molar-refractivity contribution is 6.33. The molecule has 2 aromatic heterocycles. The first kappa shape index (κ1) is 36.7. The van der Waals surface area contributed by atoms with Gasteiger partial charge in [0.05, 0.1) is 17.9 Å². The molecule has 0 bridgehead atoms. The smallest absolute Gasteiger partial charge is 0.411 e. The van der Waals surface area contributed by atoms with E-state index >= 15 is 0 Å². The third-order valence-electron chi connectivity index (χ3n) is 9.04. The second kappa shape index (κ2) is 13.5. The molecule has 0 radical (unpaired) electrons. The molecule has 52 heavy (non-hydrogen) atoms. The van der Waals surface area contributed by atoms with Crippen LogP contribution in [0.15, 0.2) is 84.2 Å². The average molecular weight is 744 g/mol. The van der Waals surface area contributed by atoms with Crippen LogP contribution in [-0.2, 0) is 15.1 Å². The van der Waals surface area contributed by atoms with E-state index in [2.05, 4.69) is 10.1 Å². The highest BCUT2D eigenvalue weighted by Gasteiger charge is 2.64. The highest BCUT2D eigenvalue weighted by Crippen LogP contribution is 2.49. The molecule has 2 aromatic carbocycles. The number of hydrogen-bond acceptors (Lipinski definition) is 7. The van der Waals surface area contributed by atoms with Gasteiger partial charge in [0.15, 0.2) is 11.5 Å². The Balaban J connectivity index is 1.38. The van der Waals surface area contributed by atoms with Crippen molar-refractivity contribution >= 4 is 29.6 Å². The van der Waals surface area contributed by atoms with E-state index in [1.807, 2.05) is 26.1 Å². The van der Waals surface area contributed by atoms with Crippen molar-refractivity contribution in [3.05, 3.63) is 95.4 Å². The number of amides is 2. The fraction of sp³-hybridized carbons (Fsp3) is 0.361. The number of pyridine rings is 1. The summed E-state index contributed by atoms with van der Waals surface area (Å²) in [5, 5.41) is 5.96. The van der Waals surface area contributed by atoms with E-state index in [1.165, 1.54) is 17.3 Å². The van der Waals surface area contributed by atoms with Gasteiger partial charge in [-0.15, -0.1) is 0 Å². The van der Waals surface area contributed by atoms with Gasteiger partial charge in [-0.2, -0.15) is 27.1 Å². The predicted molar refractivity (Wildman–Crippen MR) is 183 cm³/mol. The lowest BCUT2D eigenvalue weighted by Gasteiger charge is -2.35. The van der Waals surface area contributed by atoms with E-state index in [-0.39, 0.29) is 25.2 Å². The molecular formula is C36H35ClF5N7O3. The Hall–Kier alpha value is -5.05. The summed E-state index contributed by atoms with van der Waals surface area (Å²) in [4.78, 5) is 38.0. The van der Waals surface area contributed by atoms with Gasteiger partial charge in [0, 0.05) is 28.5 Å². The van der Waals surface area contributed by atoms with Crippen molar-refractivity contribution in [2.45, 2.75) is 69.9 Å². The molecule has 3 heterocycles. The minimum atomic E-state index is -4.67. The summed E-state index contributed by atoms with van der Waals surface area (Å²) in [6.07, 6.45) is -2.31. The van der Waals surface area contributed by atoms with Crippen molar-refractivity contribution in [1.82, 2.24) is 25.0 Å². The van der Waals surface area contributed by atoms with E-state index in [1.54, 1.807) is 66.9 Å². The third-order valence-corrected chi connectivity index (χ3v) is 9.37. The zero-order valence-electron chi connectivity index (χ0n) is 28.3. The molecule has 3 N–H and O–H groups in total. The van der Waals surface area contributed by atoms with E-state index in [0.717, 1.165) is 0 Å². The van der Waals surface area contributed by atoms with Gasteiger partial charge >= 0.3 is 18.8 Å². The summed E-state index contributed by atoms with van der Waals surface area (Å²) in [7, 11) is 0. The van der Waals surface area contributed by atoms with Crippen LogP contribution in [-0.4, -0.2) is 55.9 Å². The fourth-order valence-electron chi connectivity index (χ4n) is 6.39. The van der Waals surface area contributed by atoms with Crippen molar-refractivity contribution in [3.8, 4) is 22.4 Å². The van der Waals surface area contributed by atoms with Crippen molar-refractivity contribution in [1.29, 1.82) is 0 Å². The summed E-state index contributed by atoms with van der Waals surface area (Å²) in [6.45, 7) is 2.35. The van der Waals surface area contributed by atoms with Crippen LogP contribution in [0.5, 0.6) is 0 Å². The Labute approximate surface area is 300 Å². The second-order valence-electron chi connectivity index (χ2n) is 14.1. The number of halogens is 6. The Morgan fingerprint density at radius 2 is 1.77 bits per heavy atom. The van der Waals surface area contributed by atoms with Crippen LogP contribution in [0.25, 0.3) is 22.4 Å². The number of alkyl carbamates (subject to hydrolysis) is 1. The molecule has 274 valence electrons. The normalized spacial score (nSPS) is 19.1. The Morgan fingerprint density at radius 3 is 2.35 bits per heavy atom. The number of nitrogens with two attached hydrogens (primary N) is 1. The topological polar surface area (TPSA) is 128 Å². The number of ether oxygens (including phenoxy) is 1. The van der Waals surface area contributed by atoms with Gasteiger partial charge in [-0.05, 0) is 65.6 Å². The molecular weight excluding hydrogens is 709 g/mol. The van der Waals surface area contributed by atoms with Crippen molar-refractivity contribution in [3.63, 3.8) is 0 Å². The van der Waals surface area contributed by atoms with Gasteiger partial charge in [-0.25, -0.2) is 14.5 Å². The molecule has 0 unspecified atom stereocenters. The van der Waals surface area contributed by atoms with Gasteiger partial charge in [0.25, 0.3) is 5.91 Å². The molecule has 2 aliphatic rings. The first-order valence-electron chi connectivity index (χ1n) is 16.3. The second-order valence-corrected chi connectivity index (χ2v) is 14.5. The van der Waals surface area contributed by atoms with Crippen LogP contribution < -0.4 is 11.1 Å². The average Bonchev–Trinajstić information content (AvgIpc) is 3.62. The van der Waals surface area contributed by atoms with Crippen LogP contribution >= 0.6 is 11.6 Å². The number of alkyl halides is 5. The summed E-state index contributed by atoms with van der Waals surface area (Å²) in [6, 6.07) is 15.5. The Bertz CT molecular complexity index is 1990. The number of carbonyl (C=O) groups is 2. The number of rotatable bonds is 10. The predicted octanol–water partition coefficient (Wildman–Crippen LogP) is 8.01. The zero-order valence-corrected chi connectivity index (χ0v) is 29.1. The minimum absolute atomic E-state index is 0.167. The van der Waals surface area contributed by atoms with Crippen LogP contribution in [0.4, 0.5) is 26.7 Å². The maximum absolute atomic E-state index is 14.9. The molecule has 1 saturated carbocycles. The summed E-state index contributed by atoms with van der Waals surface area (Å²) < 4.78 is 73.2. The number of hydrogen-bond donors (Lipinski definition) is 2. The molecule has 4 aromatic rings. The summed E-state index contributed by atoms with van der Waals surface area (Å²) in [5.41, 5.74) is 4.94. The standard InChI is InChI=1S/C36H35ClF5N7O3/c1-33(2,3)20-35(24-10-7-21(8-11-24)23-17-45-48(18-23)30(38)39)29(50)49(31(43)46-35)28(19-52-32(51)47-34(13-14-34)36(40,41)42)22-9-12-26(37)25(16-22)27-6-4-5-15-44-27/h4-12,15-18,28,30H,13-14,19-20H2,1-3H3,(H2,43,46)(H,47,51)/t28-,35-/m1/s1.